The second-order valence-electron chi connectivity index (χ2n) is 5.10. The second kappa shape index (κ2) is 5.02. The van der Waals surface area contributed by atoms with Gasteiger partial charge in [0.25, 0.3) is 0 Å². The molecule has 0 spiro atoms. The van der Waals surface area contributed by atoms with Crippen molar-refractivity contribution in [2.45, 2.75) is 32.1 Å². The monoisotopic (exact) mass is 249 g/mol. The van der Waals surface area contributed by atoms with Crippen molar-refractivity contribution in [1.29, 1.82) is 0 Å². The molecular weight excluding hydrogens is 230 g/mol. The standard InChI is InChI=1S/C13H19N3O2/c1-8-6-11(10-4-5-16(3)7-10)15-12(14-8)9(2)13(17)18/h6,9-10H,4-5,7H2,1-3H3,(H,17,18). The highest BCUT2D eigenvalue weighted by atomic mass is 16.4. The molecule has 0 aliphatic carbocycles. The van der Waals surface area contributed by atoms with Crippen LogP contribution in [0.15, 0.2) is 6.07 Å². The molecule has 98 valence electrons. The summed E-state index contributed by atoms with van der Waals surface area (Å²) >= 11 is 0. The number of carbonyl (C=O) groups is 1. The van der Waals surface area contributed by atoms with Crippen molar-refractivity contribution >= 4 is 5.97 Å². The number of rotatable bonds is 3. The predicted octanol–water partition coefficient (Wildman–Crippen LogP) is 1.39. The lowest BCUT2D eigenvalue weighted by atomic mass is 10.0. The van der Waals surface area contributed by atoms with E-state index in [1.807, 2.05) is 13.0 Å². The third-order valence-electron chi connectivity index (χ3n) is 3.46. The number of aromatic nitrogens is 2. The summed E-state index contributed by atoms with van der Waals surface area (Å²) in [5.74, 6) is -0.707. The van der Waals surface area contributed by atoms with Gasteiger partial charge in [0.15, 0.2) is 0 Å². The summed E-state index contributed by atoms with van der Waals surface area (Å²) in [5, 5.41) is 9.04. The van der Waals surface area contributed by atoms with Gasteiger partial charge in [-0.25, -0.2) is 9.97 Å². The van der Waals surface area contributed by atoms with E-state index in [2.05, 4.69) is 21.9 Å². The Labute approximate surface area is 107 Å². The Bertz CT molecular complexity index is 462. The van der Waals surface area contributed by atoms with Crippen molar-refractivity contribution in [3.8, 4) is 0 Å². The molecule has 0 radical (unpaired) electrons. The van der Waals surface area contributed by atoms with Crippen LogP contribution in [0.3, 0.4) is 0 Å². The Balaban J connectivity index is 2.29. The molecule has 0 amide bonds. The number of hydrogen-bond donors (Lipinski definition) is 1. The molecular formula is C13H19N3O2. The van der Waals surface area contributed by atoms with Crippen LogP contribution in [0.1, 0.15) is 42.4 Å². The number of nitrogens with zero attached hydrogens (tertiary/aromatic N) is 3. The number of aliphatic carboxylic acids is 1. The van der Waals surface area contributed by atoms with E-state index in [9.17, 15) is 4.79 Å². The number of aryl methyl sites for hydroxylation is 1. The Morgan fingerprint density at radius 1 is 1.56 bits per heavy atom. The van der Waals surface area contributed by atoms with Crippen LogP contribution in [0.25, 0.3) is 0 Å². The van der Waals surface area contributed by atoms with Gasteiger partial charge in [-0.05, 0) is 39.9 Å². The first kappa shape index (κ1) is 13.0. The van der Waals surface area contributed by atoms with Gasteiger partial charge in [-0.1, -0.05) is 0 Å². The SMILES string of the molecule is Cc1cc(C2CCN(C)C2)nc(C(C)C(=O)O)n1. The van der Waals surface area contributed by atoms with Crippen molar-refractivity contribution < 1.29 is 9.90 Å². The fraction of sp³-hybridized carbons (Fsp3) is 0.615. The minimum Gasteiger partial charge on any atom is -0.481 e. The zero-order valence-corrected chi connectivity index (χ0v) is 11.1. The van der Waals surface area contributed by atoms with E-state index >= 15 is 0 Å². The van der Waals surface area contributed by atoms with Gasteiger partial charge in [-0.15, -0.1) is 0 Å². The van der Waals surface area contributed by atoms with E-state index in [0.717, 1.165) is 30.9 Å². The number of likely N-dealkylation sites (N-methyl/N-ethyl adjacent to an activating group) is 1. The molecule has 0 aromatic carbocycles. The number of likely N-dealkylation sites (tertiary alicyclic amines) is 1. The van der Waals surface area contributed by atoms with Crippen LogP contribution in [-0.2, 0) is 4.79 Å². The van der Waals surface area contributed by atoms with Crippen molar-refractivity contribution in [3.05, 3.63) is 23.3 Å². The van der Waals surface area contributed by atoms with Crippen LogP contribution in [0.5, 0.6) is 0 Å². The topological polar surface area (TPSA) is 66.3 Å². The third-order valence-corrected chi connectivity index (χ3v) is 3.46. The van der Waals surface area contributed by atoms with E-state index in [-0.39, 0.29) is 0 Å². The maximum atomic E-state index is 11.0. The zero-order chi connectivity index (χ0) is 13.3. The van der Waals surface area contributed by atoms with E-state index in [4.69, 9.17) is 5.11 Å². The Kier molecular flexibility index (Phi) is 3.61. The highest BCUT2D eigenvalue weighted by Crippen LogP contribution is 2.26. The van der Waals surface area contributed by atoms with Crippen molar-refractivity contribution in [2.24, 2.45) is 0 Å². The molecule has 0 bridgehead atoms. The highest BCUT2D eigenvalue weighted by Gasteiger charge is 2.25. The van der Waals surface area contributed by atoms with Gasteiger partial charge in [0.1, 0.15) is 11.7 Å². The third kappa shape index (κ3) is 2.67. The molecule has 1 fully saturated rings. The average molecular weight is 249 g/mol. The van der Waals surface area contributed by atoms with E-state index < -0.39 is 11.9 Å². The summed E-state index contributed by atoms with van der Waals surface area (Å²) in [4.78, 5) is 22.0. The number of carboxylic acid groups (broad SMARTS) is 1. The predicted molar refractivity (Wildman–Crippen MR) is 67.7 cm³/mol. The summed E-state index contributed by atoms with van der Waals surface area (Å²) in [7, 11) is 2.09. The van der Waals surface area contributed by atoms with Gasteiger partial charge in [0.05, 0.1) is 0 Å². The molecule has 2 heterocycles. The van der Waals surface area contributed by atoms with E-state index in [0.29, 0.717) is 11.7 Å². The van der Waals surface area contributed by atoms with Gasteiger partial charge < -0.3 is 10.0 Å². The molecule has 1 N–H and O–H groups in total. The van der Waals surface area contributed by atoms with Gasteiger partial charge in [0.2, 0.25) is 0 Å². The van der Waals surface area contributed by atoms with Crippen LogP contribution in [0, 0.1) is 6.92 Å². The molecule has 18 heavy (non-hydrogen) atoms. The van der Waals surface area contributed by atoms with E-state index in [1.165, 1.54) is 0 Å². The Hall–Kier alpha value is -1.49. The summed E-state index contributed by atoms with van der Waals surface area (Å²) in [6, 6.07) is 1.97. The quantitative estimate of drug-likeness (QED) is 0.877. The fourth-order valence-corrected chi connectivity index (χ4v) is 2.31. The zero-order valence-electron chi connectivity index (χ0n) is 11.1. The molecule has 2 atom stereocenters. The molecule has 1 aromatic rings. The van der Waals surface area contributed by atoms with Gasteiger partial charge in [-0.3, -0.25) is 4.79 Å². The molecule has 1 aromatic heterocycles. The van der Waals surface area contributed by atoms with Gasteiger partial charge >= 0.3 is 5.97 Å². The second-order valence-corrected chi connectivity index (χ2v) is 5.10. The molecule has 5 nitrogen and oxygen atoms in total. The Morgan fingerprint density at radius 3 is 2.83 bits per heavy atom. The minimum absolute atomic E-state index is 0.399. The summed E-state index contributed by atoms with van der Waals surface area (Å²) in [6.45, 7) is 5.57. The molecule has 1 aliphatic heterocycles. The molecule has 2 unspecified atom stereocenters. The molecule has 0 saturated carbocycles. The number of hydrogen-bond acceptors (Lipinski definition) is 4. The molecule has 5 heteroatoms. The Morgan fingerprint density at radius 2 is 2.28 bits per heavy atom. The number of carboxylic acids is 1. The normalized spacial score (nSPS) is 22.1. The molecule has 1 saturated heterocycles. The van der Waals surface area contributed by atoms with Crippen LogP contribution in [0.4, 0.5) is 0 Å². The van der Waals surface area contributed by atoms with E-state index in [1.54, 1.807) is 6.92 Å². The van der Waals surface area contributed by atoms with Crippen LogP contribution >= 0.6 is 0 Å². The van der Waals surface area contributed by atoms with Crippen LogP contribution < -0.4 is 0 Å². The summed E-state index contributed by atoms with van der Waals surface area (Å²) in [5.41, 5.74) is 1.83. The van der Waals surface area contributed by atoms with Crippen LogP contribution in [0.2, 0.25) is 0 Å². The van der Waals surface area contributed by atoms with Crippen molar-refractivity contribution in [2.75, 3.05) is 20.1 Å². The summed E-state index contributed by atoms with van der Waals surface area (Å²) in [6.07, 6.45) is 1.08. The van der Waals surface area contributed by atoms with Gasteiger partial charge in [0, 0.05) is 23.9 Å². The first-order valence-electron chi connectivity index (χ1n) is 6.24. The molecule has 1 aliphatic rings. The summed E-state index contributed by atoms with van der Waals surface area (Å²) < 4.78 is 0. The lowest BCUT2D eigenvalue weighted by Gasteiger charge is -2.13. The van der Waals surface area contributed by atoms with Crippen molar-refractivity contribution in [1.82, 2.24) is 14.9 Å². The first-order valence-corrected chi connectivity index (χ1v) is 6.24. The largest absolute Gasteiger partial charge is 0.481 e. The average Bonchev–Trinajstić information content (AvgIpc) is 2.74. The van der Waals surface area contributed by atoms with Crippen LogP contribution in [-0.4, -0.2) is 46.1 Å². The highest BCUT2D eigenvalue weighted by molar-refractivity contribution is 5.74. The van der Waals surface area contributed by atoms with Gasteiger partial charge in [-0.2, -0.15) is 0 Å². The lowest BCUT2D eigenvalue weighted by molar-refractivity contribution is -0.138. The smallest absolute Gasteiger partial charge is 0.313 e. The maximum absolute atomic E-state index is 11.0. The maximum Gasteiger partial charge on any atom is 0.313 e. The fourth-order valence-electron chi connectivity index (χ4n) is 2.31. The lowest BCUT2D eigenvalue weighted by Crippen LogP contribution is -2.16. The minimum atomic E-state index is -0.880. The molecule has 2 rings (SSSR count). The van der Waals surface area contributed by atoms with Crippen molar-refractivity contribution in [3.63, 3.8) is 0 Å². The first-order chi connectivity index (χ1) is 8.47.